The summed E-state index contributed by atoms with van der Waals surface area (Å²) in [7, 11) is 0. The maximum atomic E-state index is 14.2. The second-order valence-corrected chi connectivity index (χ2v) is 8.82. The van der Waals surface area contributed by atoms with Crippen LogP contribution in [0, 0.1) is 5.41 Å². The molecule has 1 N–H and O–H groups in total. The van der Waals surface area contributed by atoms with E-state index >= 15 is 0 Å². The molecule has 5 aromatic rings. The third kappa shape index (κ3) is 2.52. The van der Waals surface area contributed by atoms with Gasteiger partial charge in [-0.1, -0.05) is 86.6 Å². The quantitative estimate of drug-likeness (QED) is 0.308. The molecule has 0 unspecified atom stereocenters. The first-order valence-electron chi connectivity index (χ1n) is 11.5. The molecule has 0 radical (unpaired) electrons. The fourth-order valence-electron chi connectivity index (χ4n) is 5.48. The third-order valence-electron chi connectivity index (χ3n) is 7.38. The van der Waals surface area contributed by atoms with E-state index in [2.05, 4.69) is 35.3 Å². The lowest BCUT2D eigenvalue weighted by molar-refractivity contribution is -0.125. The van der Waals surface area contributed by atoms with E-state index in [1.165, 1.54) is 0 Å². The average Bonchev–Trinajstić information content (AvgIpc) is 3.25. The van der Waals surface area contributed by atoms with Crippen molar-refractivity contribution in [3.63, 3.8) is 0 Å². The normalized spacial score (nSPS) is 15.5. The zero-order valence-corrected chi connectivity index (χ0v) is 18.7. The van der Waals surface area contributed by atoms with Crippen molar-refractivity contribution >= 4 is 55.5 Å². The van der Waals surface area contributed by atoms with E-state index in [1.807, 2.05) is 62.4 Å². The number of nitrogens with one attached hydrogen (secondary N) is 1. The van der Waals surface area contributed by atoms with Crippen LogP contribution in [-0.4, -0.2) is 16.7 Å². The van der Waals surface area contributed by atoms with Gasteiger partial charge in [0, 0.05) is 16.2 Å². The van der Waals surface area contributed by atoms with Gasteiger partial charge < -0.3 is 4.98 Å². The molecule has 1 aromatic heterocycles. The van der Waals surface area contributed by atoms with E-state index in [9.17, 15) is 9.59 Å². The number of Topliss-reactive ketones (excluding diaryl/α,β-unsaturated/α-hetero) is 1. The molecule has 1 aliphatic rings. The van der Waals surface area contributed by atoms with Gasteiger partial charge >= 0.3 is 0 Å². The Bertz CT molecular complexity index is 1580. The number of amides is 1. The molecule has 1 amide bonds. The van der Waals surface area contributed by atoms with Crippen LogP contribution in [0.15, 0.2) is 78.9 Å². The molecule has 1 aliphatic heterocycles. The van der Waals surface area contributed by atoms with Gasteiger partial charge in [-0.3, -0.25) is 14.5 Å². The number of anilines is 2. The molecule has 0 aliphatic carbocycles. The van der Waals surface area contributed by atoms with Gasteiger partial charge in [0.2, 0.25) is 5.91 Å². The smallest absolute Gasteiger partial charge is 0.245 e. The highest BCUT2D eigenvalue weighted by atomic mass is 16.2. The average molecular weight is 433 g/mol. The first kappa shape index (κ1) is 19.7. The van der Waals surface area contributed by atoms with Crippen LogP contribution in [0.2, 0.25) is 0 Å². The minimum absolute atomic E-state index is 0.107. The molecular formula is C29H24N2O2. The number of ketones is 1. The summed E-state index contributed by atoms with van der Waals surface area (Å²) in [6, 6.07) is 26.3. The highest BCUT2D eigenvalue weighted by Gasteiger charge is 2.52. The molecule has 0 saturated carbocycles. The van der Waals surface area contributed by atoms with Crippen molar-refractivity contribution in [1.82, 2.24) is 4.98 Å². The Hall–Kier alpha value is -3.92. The molecule has 0 spiro atoms. The number of aromatic nitrogens is 1. The first-order chi connectivity index (χ1) is 16.1. The molecular weight excluding hydrogens is 408 g/mol. The van der Waals surface area contributed by atoms with Crippen molar-refractivity contribution in [3.8, 4) is 0 Å². The van der Waals surface area contributed by atoms with Crippen molar-refractivity contribution in [2.45, 2.75) is 26.7 Å². The van der Waals surface area contributed by atoms with Crippen molar-refractivity contribution < 1.29 is 9.59 Å². The minimum Gasteiger partial charge on any atom is -0.350 e. The van der Waals surface area contributed by atoms with Crippen molar-refractivity contribution in [2.75, 3.05) is 4.90 Å². The second-order valence-electron chi connectivity index (χ2n) is 8.82. The van der Waals surface area contributed by atoms with E-state index in [1.54, 1.807) is 4.90 Å². The fourth-order valence-corrected chi connectivity index (χ4v) is 5.48. The van der Waals surface area contributed by atoms with Gasteiger partial charge in [-0.15, -0.1) is 0 Å². The van der Waals surface area contributed by atoms with Gasteiger partial charge in [-0.25, -0.2) is 0 Å². The van der Waals surface area contributed by atoms with Crippen LogP contribution in [0.4, 0.5) is 11.4 Å². The molecule has 2 heterocycles. The van der Waals surface area contributed by atoms with E-state index in [-0.39, 0.29) is 11.7 Å². The maximum Gasteiger partial charge on any atom is 0.245 e. The summed E-state index contributed by atoms with van der Waals surface area (Å²) < 4.78 is 0. The zero-order valence-electron chi connectivity index (χ0n) is 18.7. The lowest BCUT2D eigenvalue weighted by Crippen LogP contribution is -2.50. The largest absolute Gasteiger partial charge is 0.350 e. The number of nitrogens with zero attached hydrogens (tertiary/aromatic N) is 1. The van der Waals surface area contributed by atoms with Crippen LogP contribution in [0.3, 0.4) is 0 Å². The topological polar surface area (TPSA) is 53.2 Å². The summed E-state index contributed by atoms with van der Waals surface area (Å²) in [6.07, 6.45) is 0.913. The number of hydrogen-bond acceptors (Lipinski definition) is 2. The molecule has 4 aromatic carbocycles. The van der Waals surface area contributed by atoms with Crippen LogP contribution in [0.1, 0.15) is 37.2 Å². The van der Waals surface area contributed by atoms with E-state index in [4.69, 9.17) is 0 Å². The number of benzene rings is 4. The predicted molar refractivity (Wildman–Crippen MR) is 134 cm³/mol. The molecule has 0 saturated heterocycles. The van der Waals surface area contributed by atoms with Gasteiger partial charge in [0.1, 0.15) is 11.1 Å². The molecule has 0 bridgehead atoms. The van der Waals surface area contributed by atoms with Crippen molar-refractivity contribution in [1.29, 1.82) is 0 Å². The van der Waals surface area contributed by atoms with Gasteiger partial charge in [-0.05, 0) is 29.7 Å². The van der Waals surface area contributed by atoms with E-state index in [0.717, 1.165) is 38.1 Å². The Morgan fingerprint density at radius 3 is 2.09 bits per heavy atom. The van der Waals surface area contributed by atoms with Crippen LogP contribution in [0.25, 0.3) is 32.4 Å². The van der Waals surface area contributed by atoms with Gasteiger partial charge in [-0.2, -0.15) is 0 Å². The summed E-state index contributed by atoms with van der Waals surface area (Å²) >= 11 is 0. The fraction of sp³-hybridized carbons (Fsp3) is 0.172. The molecule has 4 heteroatoms. The number of carbonyl (C=O) groups is 2. The summed E-state index contributed by atoms with van der Waals surface area (Å²) in [4.78, 5) is 33.4. The molecule has 4 nitrogen and oxygen atoms in total. The number of fused-ring (bicyclic) bond motifs is 6. The Balaban J connectivity index is 1.76. The van der Waals surface area contributed by atoms with Crippen LogP contribution in [-0.2, 0) is 4.79 Å². The van der Waals surface area contributed by atoms with Gasteiger partial charge in [0.25, 0.3) is 0 Å². The number of H-pyrrole nitrogens is 1. The first-order valence-corrected chi connectivity index (χ1v) is 11.5. The molecule has 0 atom stereocenters. The second kappa shape index (κ2) is 7.04. The Kier molecular flexibility index (Phi) is 4.21. The number of hydrogen-bond donors (Lipinski definition) is 1. The van der Waals surface area contributed by atoms with E-state index in [0.29, 0.717) is 24.2 Å². The van der Waals surface area contributed by atoms with Gasteiger partial charge in [0.15, 0.2) is 5.78 Å². The molecule has 0 fully saturated rings. The SMILES string of the molecule is CCC1(CC)C(=O)c2[nH]c3c(ccc4ccccc43)c2N(c2cccc3ccccc23)C1=O. The summed E-state index contributed by atoms with van der Waals surface area (Å²) in [6.45, 7) is 3.87. The monoisotopic (exact) mass is 432 g/mol. The van der Waals surface area contributed by atoms with Gasteiger partial charge in [0.05, 0.1) is 16.9 Å². The Morgan fingerprint density at radius 2 is 1.36 bits per heavy atom. The Labute approximate surface area is 191 Å². The zero-order chi connectivity index (χ0) is 22.7. The van der Waals surface area contributed by atoms with E-state index < -0.39 is 5.41 Å². The van der Waals surface area contributed by atoms with Crippen molar-refractivity contribution in [2.24, 2.45) is 5.41 Å². The number of aromatic amines is 1. The molecule has 33 heavy (non-hydrogen) atoms. The maximum absolute atomic E-state index is 14.2. The molecule has 6 rings (SSSR count). The summed E-state index contributed by atoms with van der Waals surface area (Å²) in [5.41, 5.74) is 1.82. The lowest BCUT2D eigenvalue weighted by atomic mass is 9.73. The van der Waals surface area contributed by atoms with Crippen LogP contribution < -0.4 is 4.90 Å². The number of carbonyl (C=O) groups excluding carboxylic acids is 2. The van der Waals surface area contributed by atoms with Crippen molar-refractivity contribution in [3.05, 3.63) is 84.6 Å². The minimum atomic E-state index is -1.08. The highest BCUT2D eigenvalue weighted by molar-refractivity contribution is 6.32. The lowest BCUT2D eigenvalue weighted by Gasteiger charge is -2.39. The van der Waals surface area contributed by atoms with Crippen LogP contribution >= 0.6 is 0 Å². The van der Waals surface area contributed by atoms with Crippen LogP contribution in [0.5, 0.6) is 0 Å². The standard InChI is InChI=1S/C29H24N2O2/c1-3-29(4-2)27(32)25-26(22-17-16-19-11-6-8-14-21(19)24(22)30-25)31(28(29)33)23-15-9-12-18-10-5-7-13-20(18)23/h5-17,30H,3-4H2,1-2H3. The molecule has 162 valence electrons. The summed E-state index contributed by atoms with van der Waals surface area (Å²) in [5.74, 6) is -0.250. The number of rotatable bonds is 3. The summed E-state index contributed by atoms with van der Waals surface area (Å²) in [5, 5.41) is 5.08. The third-order valence-corrected chi connectivity index (χ3v) is 7.38. The highest BCUT2D eigenvalue weighted by Crippen LogP contribution is 2.50. The Morgan fingerprint density at radius 1 is 0.727 bits per heavy atom. The predicted octanol–water partition coefficient (Wildman–Crippen LogP) is 7.14.